The van der Waals surface area contributed by atoms with Gasteiger partial charge in [0, 0.05) is 14.7 Å². The van der Waals surface area contributed by atoms with E-state index in [9.17, 15) is 4.79 Å². The Hall–Kier alpha value is -3.27. The maximum atomic E-state index is 12.3. The van der Waals surface area contributed by atoms with Crippen molar-refractivity contribution < 1.29 is 23.7 Å². The van der Waals surface area contributed by atoms with E-state index in [1.165, 1.54) is 0 Å². The molecule has 1 amide bonds. The zero-order chi connectivity index (χ0) is 21.6. The van der Waals surface area contributed by atoms with E-state index in [4.69, 9.17) is 18.9 Å². The van der Waals surface area contributed by atoms with Crippen molar-refractivity contribution in [3.63, 3.8) is 0 Å². The second-order valence-electron chi connectivity index (χ2n) is 6.58. The first-order chi connectivity index (χ1) is 15.1. The van der Waals surface area contributed by atoms with Gasteiger partial charge in [0.2, 0.25) is 6.79 Å². The molecule has 0 atom stereocenters. The van der Waals surface area contributed by atoms with Gasteiger partial charge in [-0.05, 0) is 88.8 Å². The van der Waals surface area contributed by atoms with Gasteiger partial charge in [-0.3, -0.25) is 4.79 Å². The van der Waals surface area contributed by atoms with Crippen molar-refractivity contribution in [1.29, 1.82) is 0 Å². The molecule has 31 heavy (non-hydrogen) atoms. The first-order valence-corrected chi connectivity index (χ1v) is 10.5. The van der Waals surface area contributed by atoms with Gasteiger partial charge < -0.3 is 18.9 Å². The Kier molecular flexibility index (Phi) is 6.56. The van der Waals surface area contributed by atoms with Gasteiger partial charge in [0.15, 0.2) is 11.5 Å². The third-order valence-electron chi connectivity index (χ3n) is 4.53. The van der Waals surface area contributed by atoms with Crippen LogP contribution < -0.4 is 24.4 Å². The van der Waals surface area contributed by atoms with E-state index in [0.717, 1.165) is 20.4 Å². The monoisotopic (exact) mass is 530 g/mol. The molecule has 3 aromatic rings. The second-order valence-corrected chi connectivity index (χ2v) is 7.83. The van der Waals surface area contributed by atoms with Gasteiger partial charge in [0.05, 0.1) is 13.3 Å². The average Bonchev–Trinajstić information content (AvgIpc) is 3.26. The summed E-state index contributed by atoms with van der Waals surface area (Å²) in [5, 5.41) is 4.06. The molecule has 7 nitrogen and oxygen atoms in total. The largest absolute Gasteiger partial charge is 0.496 e. The number of nitrogens with one attached hydrogen (secondary N) is 1. The number of fused-ring (bicyclic) bond motifs is 1. The normalized spacial score (nSPS) is 12.1. The lowest BCUT2D eigenvalue weighted by Gasteiger charge is -2.11. The zero-order valence-corrected chi connectivity index (χ0v) is 18.8. The summed E-state index contributed by atoms with van der Waals surface area (Å²) in [7, 11) is 1.61. The average molecular weight is 530 g/mol. The molecule has 4 rings (SSSR count). The summed E-state index contributed by atoms with van der Waals surface area (Å²) in [6.07, 6.45) is 1.57. The van der Waals surface area contributed by atoms with Gasteiger partial charge in [0.1, 0.15) is 18.1 Å². The molecule has 8 heteroatoms. The smallest absolute Gasteiger partial charge is 0.271 e. The summed E-state index contributed by atoms with van der Waals surface area (Å²) in [4.78, 5) is 12.3. The van der Waals surface area contributed by atoms with Crippen LogP contribution in [0.3, 0.4) is 0 Å². The van der Waals surface area contributed by atoms with Crippen LogP contribution in [-0.2, 0) is 6.61 Å². The van der Waals surface area contributed by atoms with Crippen LogP contribution in [0.15, 0.2) is 65.8 Å². The fourth-order valence-electron chi connectivity index (χ4n) is 2.95. The minimum Gasteiger partial charge on any atom is -0.496 e. The number of amides is 1. The highest BCUT2D eigenvalue weighted by Crippen LogP contribution is 2.32. The van der Waals surface area contributed by atoms with Gasteiger partial charge in [-0.1, -0.05) is 0 Å². The van der Waals surface area contributed by atoms with Crippen LogP contribution in [-0.4, -0.2) is 26.0 Å². The number of carbonyl (C=O) groups excluding carboxylic acids is 1. The molecule has 1 aliphatic heterocycles. The SMILES string of the molecule is COc1ccc(C=NNC(=O)c2ccc3c(c2)OCO3)cc1COc1ccc(I)cc1. The number of methoxy groups -OCH3 is 1. The van der Waals surface area contributed by atoms with Crippen molar-refractivity contribution in [2.24, 2.45) is 5.10 Å². The number of benzene rings is 3. The molecule has 0 saturated heterocycles. The van der Waals surface area contributed by atoms with Gasteiger partial charge in [-0.25, -0.2) is 5.43 Å². The van der Waals surface area contributed by atoms with Crippen LogP contribution in [0.4, 0.5) is 0 Å². The molecule has 0 saturated carbocycles. The van der Waals surface area contributed by atoms with Crippen LogP contribution in [0.2, 0.25) is 0 Å². The molecule has 0 aliphatic carbocycles. The fourth-order valence-corrected chi connectivity index (χ4v) is 3.31. The zero-order valence-electron chi connectivity index (χ0n) is 16.6. The van der Waals surface area contributed by atoms with Crippen molar-refractivity contribution in [2.45, 2.75) is 6.61 Å². The van der Waals surface area contributed by atoms with Crippen LogP contribution >= 0.6 is 22.6 Å². The molecular formula is C23H19IN2O5. The first kappa shape index (κ1) is 21.0. The molecule has 0 fully saturated rings. The number of hydrogen-bond donors (Lipinski definition) is 1. The Morgan fingerprint density at radius 3 is 2.71 bits per heavy atom. The maximum Gasteiger partial charge on any atom is 0.271 e. The summed E-state index contributed by atoms with van der Waals surface area (Å²) >= 11 is 2.25. The fraction of sp³-hybridized carbons (Fsp3) is 0.130. The topological polar surface area (TPSA) is 78.4 Å². The quantitative estimate of drug-likeness (QED) is 0.279. The number of nitrogens with zero attached hydrogens (tertiary/aromatic N) is 1. The highest BCUT2D eigenvalue weighted by Gasteiger charge is 2.15. The third-order valence-corrected chi connectivity index (χ3v) is 5.25. The van der Waals surface area contributed by atoms with Crippen molar-refractivity contribution in [3.05, 3.63) is 80.9 Å². The van der Waals surface area contributed by atoms with E-state index in [0.29, 0.717) is 29.4 Å². The first-order valence-electron chi connectivity index (χ1n) is 9.41. The molecule has 158 valence electrons. The minimum absolute atomic E-state index is 0.158. The standard InChI is InChI=1S/C23H19IN2O5/c1-28-20-8-2-15(10-17(20)13-29-19-6-4-18(24)5-7-19)12-25-26-23(27)16-3-9-21-22(11-16)31-14-30-21/h2-12H,13-14H2,1H3,(H,26,27). The molecule has 0 radical (unpaired) electrons. The van der Waals surface area contributed by atoms with Crippen molar-refractivity contribution >= 4 is 34.7 Å². The lowest BCUT2D eigenvalue weighted by molar-refractivity contribution is 0.0954. The molecule has 0 spiro atoms. The Bertz CT molecular complexity index is 1120. The lowest BCUT2D eigenvalue weighted by atomic mass is 10.1. The summed E-state index contributed by atoms with van der Waals surface area (Å²) in [5.74, 6) is 2.32. The Morgan fingerprint density at radius 2 is 1.90 bits per heavy atom. The Morgan fingerprint density at radius 1 is 1.10 bits per heavy atom. The van der Waals surface area contributed by atoms with Crippen LogP contribution in [0, 0.1) is 3.57 Å². The Balaban J connectivity index is 1.40. The number of ether oxygens (including phenoxy) is 4. The molecule has 0 aromatic heterocycles. The summed E-state index contributed by atoms with van der Waals surface area (Å²) in [6, 6.07) is 18.4. The maximum absolute atomic E-state index is 12.3. The highest BCUT2D eigenvalue weighted by atomic mass is 127. The van der Waals surface area contributed by atoms with E-state index in [1.54, 1.807) is 31.5 Å². The summed E-state index contributed by atoms with van der Waals surface area (Å²) < 4.78 is 23.0. The number of halogens is 1. The van der Waals surface area contributed by atoms with Crippen molar-refractivity contribution in [3.8, 4) is 23.0 Å². The minimum atomic E-state index is -0.342. The Labute approximate surface area is 193 Å². The summed E-state index contributed by atoms with van der Waals surface area (Å²) in [6.45, 7) is 0.501. The van der Waals surface area contributed by atoms with E-state index >= 15 is 0 Å². The van der Waals surface area contributed by atoms with Gasteiger partial charge >= 0.3 is 0 Å². The van der Waals surface area contributed by atoms with Crippen LogP contribution in [0.1, 0.15) is 21.5 Å². The predicted molar refractivity (Wildman–Crippen MR) is 124 cm³/mol. The second kappa shape index (κ2) is 9.69. The summed E-state index contributed by atoms with van der Waals surface area (Å²) in [5.41, 5.74) is 4.62. The van der Waals surface area contributed by atoms with E-state index in [-0.39, 0.29) is 12.7 Å². The molecule has 3 aromatic carbocycles. The van der Waals surface area contributed by atoms with E-state index in [1.807, 2.05) is 42.5 Å². The van der Waals surface area contributed by atoms with E-state index in [2.05, 4.69) is 33.1 Å². The highest BCUT2D eigenvalue weighted by molar-refractivity contribution is 14.1. The molecule has 0 bridgehead atoms. The van der Waals surface area contributed by atoms with Crippen molar-refractivity contribution in [1.82, 2.24) is 5.43 Å². The van der Waals surface area contributed by atoms with Crippen molar-refractivity contribution in [2.75, 3.05) is 13.9 Å². The van der Waals surface area contributed by atoms with Gasteiger partial charge in [-0.15, -0.1) is 0 Å². The number of carbonyl (C=O) groups is 1. The van der Waals surface area contributed by atoms with Crippen LogP contribution in [0.25, 0.3) is 0 Å². The number of hydrogen-bond acceptors (Lipinski definition) is 6. The molecule has 1 heterocycles. The molecule has 0 unspecified atom stereocenters. The molecular weight excluding hydrogens is 511 g/mol. The van der Waals surface area contributed by atoms with Gasteiger partial charge in [0.25, 0.3) is 5.91 Å². The van der Waals surface area contributed by atoms with Crippen LogP contribution in [0.5, 0.6) is 23.0 Å². The number of rotatable bonds is 7. The third kappa shape index (κ3) is 5.26. The molecule has 1 aliphatic rings. The molecule has 1 N–H and O–H groups in total. The number of hydrazone groups is 1. The van der Waals surface area contributed by atoms with Gasteiger partial charge in [-0.2, -0.15) is 5.10 Å². The lowest BCUT2D eigenvalue weighted by Crippen LogP contribution is -2.17. The predicted octanol–water partition coefficient (Wildman–Crippen LogP) is 4.37. The van der Waals surface area contributed by atoms with E-state index < -0.39 is 0 Å².